The van der Waals surface area contributed by atoms with E-state index < -0.39 is 0 Å². The van der Waals surface area contributed by atoms with Gasteiger partial charge in [-0.3, -0.25) is 4.90 Å². The van der Waals surface area contributed by atoms with Crippen LogP contribution in [0.25, 0.3) is 11.5 Å². The number of oxazole rings is 1. The van der Waals surface area contributed by atoms with Gasteiger partial charge in [0.15, 0.2) is 0 Å². The lowest BCUT2D eigenvalue weighted by Gasteiger charge is -2.21. The quantitative estimate of drug-likeness (QED) is 0.931. The van der Waals surface area contributed by atoms with Gasteiger partial charge < -0.3 is 10.2 Å². The molecule has 1 fully saturated rings. The van der Waals surface area contributed by atoms with Gasteiger partial charge in [-0.25, -0.2) is 9.37 Å². The molecular formula is C15H18FN3O. The molecule has 1 atom stereocenters. The minimum Gasteiger partial charge on any atom is -0.444 e. The maximum absolute atomic E-state index is 12.9. The van der Waals surface area contributed by atoms with E-state index in [-0.39, 0.29) is 5.82 Å². The molecule has 4 nitrogen and oxygen atoms in total. The van der Waals surface area contributed by atoms with Crippen molar-refractivity contribution in [3.63, 3.8) is 0 Å². The summed E-state index contributed by atoms with van der Waals surface area (Å²) >= 11 is 0. The van der Waals surface area contributed by atoms with Gasteiger partial charge >= 0.3 is 0 Å². The molecule has 1 saturated heterocycles. The third kappa shape index (κ3) is 2.73. The van der Waals surface area contributed by atoms with E-state index in [0.717, 1.165) is 30.8 Å². The van der Waals surface area contributed by atoms with Crippen molar-refractivity contribution >= 4 is 0 Å². The summed E-state index contributed by atoms with van der Waals surface area (Å²) in [5.41, 5.74) is 7.45. The molecule has 1 aromatic heterocycles. The van der Waals surface area contributed by atoms with E-state index in [1.165, 1.54) is 18.6 Å². The Balaban J connectivity index is 1.72. The summed E-state index contributed by atoms with van der Waals surface area (Å²) in [6.45, 7) is 2.50. The zero-order chi connectivity index (χ0) is 13.9. The predicted molar refractivity (Wildman–Crippen MR) is 74.4 cm³/mol. The van der Waals surface area contributed by atoms with Crippen molar-refractivity contribution in [3.8, 4) is 11.5 Å². The molecule has 3 rings (SSSR count). The molecule has 2 N–H and O–H groups in total. The van der Waals surface area contributed by atoms with Crippen LogP contribution in [0.1, 0.15) is 18.5 Å². The van der Waals surface area contributed by atoms with Crippen molar-refractivity contribution in [2.45, 2.75) is 25.4 Å². The summed E-state index contributed by atoms with van der Waals surface area (Å²) < 4.78 is 18.4. The van der Waals surface area contributed by atoms with Crippen molar-refractivity contribution < 1.29 is 8.81 Å². The van der Waals surface area contributed by atoms with E-state index >= 15 is 0 Å². The normalized spacial score (nSPS) is 19.6. The molecule has 0 bridgehead atoms. The molecule has 0 saturated carbocycles. The maximum Gasteiger partial charge on any atom is 0.226 e. The molecule has 0 radical (unpaired) electrons. The summed E-state index contributed by atoms with van der Waals surface area (Å²) in [5, 5.41) is 0. The Hall–Kier alpha value is -1.72. The lowest BCUT2D eigenvalue weighted by molar-refractivity contribution is 0.247. The Labute approximate surface area is 117 Å². The van der Waals surface area contributed by atoms with Crippen molar-refractivity contribution in [2.75, 3.05) is 13.1 Å². The third-order valence-electron chi connectivity index (χ3n) is 3.78. The first-order chi connectivity index (χ1) is 9.76. The second-order valence-electron chi connectivity index (χ2n) is 5.15. The van der Waals surface area contributed by atoms with E-state index in [4.69, 9.17) is 10.2 Å². The molecule has 0 amide bonds. The summed E-state index contributed by atoms with van der Waals surface area (Å²) in [5.74, 6) is 0.270. The van der Waals surface area contributed by atoms with Crippen molar-refractivity contribution in [3.05, 3.63) is 42.0 Å². The highest BCUT2D eigenvalue weighted by Gasteiger charge is 2.24. The lowest BCUT2D eigenvalue weighted by Crippen LogP contribution is -2.34. The van der Waals surface area contributed by atoms with E-state index in [2.05, 4.69) is 9.88 Å². The van der Waals surface area contributed by atoms with Crippen LogP contribution in [0.5, 0.6) is 0 Å². The van der Waals surface area contributed by atoms with Gasteiger partial charge in [0.2, 0.25) is 5.89 Å². The number of hydrogen-bond acceptors (Lipinski definition) is 4. The van der Waals surface area contributed by atoms with E-state index in [0.29, 0.717) is 18.5 Å². The molecule has 2 aromatic rings. The van der Waals surface area contributed by atoms with Crippen LogP contribution in [0.4, 0.5) is 4.39 Å². The lowest BCUT2D eigenvalue weighted by atomic mass is 10.2. The van der Waals surface area contributed by atoms with Gasteiger partial charge in [-0.05, 0) is 43.7 Å². The number of halogens is 1. The molecule has 1 aliphatic rings. The first kappa shape index (κ1) is 13.3. The Morgan fingerprint density at radius 3 is 2.90 bits per heavy atom. The summed E-state index contributed by atoms with van der Waals surface area (Å²) in [6, 6.07) is 6.60. The van der Waals surface area contributed by atoms with Gasteiger partial charge in [0.1, 0.15) is 12.1 Å². The van der Waals surface area contributed by atoms with Crippen LogP contribution in [-0.4, -0.2) is 29.0 Å². The molecule has 1 aromatic carbocycles. The SMILES string of the molecule is NCC1CCCN1Cc1coc(-c2ccc(F)cc2)n1. The minimum absolute atomic E-state index is 0.261. The second-order valence-corrected chi connectivity index (χ2v) is 5.15. The summed E-state index contributed by atoms with van der Waals surface area (Å²) in [4.78, 5) is 6.81. The highest BCUT2D eigenvalue weighted by molar-refractivity contribution is 5.52. The van der Waals surface area contributed by atoms with Crippen molar-refractivity contribution in [1.82, 2.24) is 9.88 Å². The monoisotopic (exact) mass is 275 g/mol. The molecule has 20 heavy (non-hydrogen) atoms. The van der Waals surface area contributed by atoms with Crippen molar-refractivity contribution in [1.29, 1.82) is 0 Å². The Kier molecular flexibility index (Phi) is 3.80. The van der Waals surface area contributed by atoms with Gasteiger partial charge in [0.05, 0.1) is 5.69 Å². The van der Waals surface area contributed by atoms with Gasteiger partial charge in [0, 0.05) is 24.7 Å². The third-order valence-corrected chi connectivity index (χ3v) is 3.78. The minimum atomic E-state index is -0.261. The predicted octanol–water partition coefficient (Wildman–Crippen LogP) is 2.40. The fourth-order valence-corrected chi connectivity index (χ4v) is 2.68. The summed E-state index contributed by atoms with van der Waals surface area (Å²) in [7, 11) is 0. The van der Waals surface area contributed by atoms with Crippen LogP contribution >= 0.6 is 0 Å². The van der Waals surface area contributed by atoms with E-state index in [1.54, 1.807) is 18.4 Å². The zero-order valence-electron chi connectivity index (χ0n) is 11.3. The Morgan fingerprint density at radius 2 is 2.15 bits per heavy atom. The number of benzene rings is 1. The molecule has 0 spiro atoms. The maximum atomic E-state index is 12.9. The number of nitrogens with two attached hydrogens (primary N) is 1. The average Bonchev–Trinajstić information content (AvgIpc) is 3.09. The van der Waals surface area contributed by atoms with Gasteiger partial charge in [-0.15, -0.1) is 0 Å². The smallest absolute Gasteiger partial charge is 0.226 e. The molecule has 106 valence electrons. The molecule has 1 aliphatic heterocycles. The fourth-order valence-electron chi connectivity index (χ4n) is 2.68. The van der Waals surface area contributed by atoms with Crippen LogP contribution < -0.4 is 5.73 Å². The average molecular weight is 275 g/mol. The highest BCUT2D eigenvalue weighted by atomic mass is 19.1. The van der Waals surface area contributed by atoms with Crippen LogP contribution in [-0.2, 0) is 6.54 Å². The Morgan fingerprint density at radius 1 is 1.35 bits per heavy atom. The molecule has 5 heteroatoms. The number of hydrogen-bond donors (Lipinski definition) is 1. The molecule has 0 aliphatic carbocycles. The van der Waals surface area contributed by atoms with Crippen LogP contribution in [0, 0.1) is 5.82 Å². The van der Waals surface area contributed by atoms with Gasteiger partial charge in [0.25, 0.3) is 0 Å². The second kappa shape index (κ2) is 5.73. The summed E-state index contributed by atoms with van der Waals surface area (Å²) in [6.07, 6.45) is 4.01. The molecule has 1 unspecified atom stereocenters. The standard InChI is InChI=1S/C15H18FN3O/c16-12-5-3-11(4-6-12)15-18-13(10-20-15)9-19-7-1-2-14(19)8-17/h3-6,10,14H,1-2,7-9,17H2. The van der Waals surface area contributed by atoms with E-state index in [1.807, 2.05) is 0 Å². The van der Waals surface area contributed by atoms with Crippen LogP contribution in [0.2, 0.25) is 0 Å². The first-order valence-electron chi connectivity index (χ1n) is 6.91. The van der Waals surface area contributed by atoms with E-state index in [9.17, 15) is 4.39 Å². The van der Waals surface area contributed by atoms with Gasteiger partial charge in [-0.2, -0.15) is 0 Å². The largest absolute Gasteiger partial charge is 0.444 e. The molecular weight excluding hydrogens is 257 g/mol. The van der Waals surface area contributed by atoms with Crippen LogP contribution in [0.3, 0.4) is 0 Å². The van der Waals surface area contributed by atoms with Crippen LogP contribution in [0.15, 0.2) is 34.9 Å². The number of rotatable bonds is 4. The van der Waals surface area contributed by atoms with Gasteiger partial charge in [-0.1, -0.05) is 0 Å². The van der Waals surface area contributed by atoms with Crippen molar-refractivity contribution in [2.24, 2.45) is 5.73 Å². The number of likely N-dealkylation sites (tertiary alicyclic amines) is 1. The zero-order valence-corrected chi connectivity index (χ0v) is 11.3. The topological polar surface area (TPSA) is 55.3 Å². The highest BCUT2D eigenvalue weighted by Crippen LogP contribution is 2.22. The molecule has 2 heterocycles. The number of aromatic nitrogens is 1. The number of nitrogens with zero attached hydrogens (tertiary/aromatic N) is 2. The fraction of sp³-hybridized carbons (Fsp3) is 0.400. The Bertz CT molecular complexity index is 567. The first-order valence-corrected chi connectivity index (χ1v) is 6.91.